The normalized spacial score (nSPS) is 17.8. The van der Waals surface area contributed by atoms with Crippen LogP contribution in [0.3, 0.4) is 0 Å². The number of carbonyl (C=O) groups excluding carboxylic acids is 6. The van der Waals surface area contributed by atoms with Crippen molar-refractivity contribution in [3.05, 3.63) is 84.2 Å². The van der Waals surface area contributed by atoms with Crippen LogP contribution in [-0.2, 0) is 48.1 Å². The number of likely N-dealkylation sites (N-methyl/N-ethyl adjacent to an activating group) is 1. The van der Waals surface area contributed by atoms with Gasteiger partial charge in [0.15, 0.2) is 0 Å². The minimum Gasteiger partial charge on any atom is -0.444 e. The monoisotopic (exact) mass is 932 g/mol. The average Bonchev–Trinajstić information content (AvgIpc) is 4.00. The molecule has 17 nitrogen and oxygen atoms in total. The lowest BCUT2D eigenvalue weighted by Crippen LogP contribution is -2.59. The highest BCUT2D eigenvalue weighted by Gasteiger charge is 2.41. The quantitative estimate of drug-likeness (QED) is 0.0768. The molecule has 0 radical (unpaired) electrons. The number of carbonyl (C=O) groups is 6. The number of hydrogen-bond acceptors (Lipinski definition) is 10. The van der Waals surface area contributed by atoms with Crippen molar-refractivity contribution in [3.63, 3.8) is 0 Å². The molecule has 17 heteroatoms. The zero-order valence-corrected chi connectivity index (χ0v) is 41.0. The SMILES string of the molecule is [3H][C@](O)(C[C@H](C(=O)N[C@H](C(=O)NCc1ccccn1)[C@@H](C)CC)C(C)C)[C@H](CC(C)C)NC(=O)[C@H](Cc1cnc[nH]1)N(C)C(=O)[C@H](Cc1ccccc1)NC(=O)[C@@H]1CCCN1C(=O)OC(C)(C)C. The number of aromatic nitrogens is 3. The average molecular weight is 932 g/mol. The lowest BCUT2D eigenvalue weighted by molar-refractivity contribution is -0.143. The zero-order chi connectivity index (χ0) is 50.3. The molecule has 3 heterocycles. The number of hydrogen-bond donors (Lipinski definition) is 6. The number of likely N-dealkylation sites (tertiary alicyclic amines) is 1. The molecule has 67 heavy (non-hydrogen) atoms. The number of imidazole rings is 1. The maximum absolute atomic E-state index is 14.8. The van der Waals surface area contributed by atoms with Gasteiger partial charge < -0.3 is 41.0 Å². The van der Waals surface area contributed by atoms with E-state index in [-0.39, 0.29) is 55.9 Å². The van der Waals surface area contributed by atoms with Crippen LogP contribution in [0, 0.1) is 23.7 Å². The topological polar surface area (TPSA) is 228 Å². The van der Waals surface area contributed by atoms with Crippen LogP contribution in [0.15, 0.2) is 67.3 Å². The largest absolute Gasteiger partial charge is 0.444 e. The molecule has 6 N–H and O–H groups in total. The lowest BCUT2D eigenvalue weighted by Gasteiger charge is -2.35. The molecule has 2 aromatic heterocycles. The number of amides is 6. The first-order valence-electron chi connectivity index (χ1n) is 24.1. The summed E-state index contributed by atoms with van der Waals surface area (Å²) in [5, 5.41) is 23.7. The maximum Gasteiger partial charge on any atom is 0.410 e. The van der Waals surface area contributed by atoms with Crippen molar-refractivity contribution in [2.45, 2.75) is 156 Å². The summed E-state index contributed by atoms with van der Waals surface area (Å²) in [6.07, 6.45) is 2.86. The fraction of sp³-hybridized carbons (Fsp3) is 0.600. The number of rotatable bonds is 23. The third-order valence-electron chi connectivity index (χ3n) is 12.1. The van der Waals surface area contributed by atoms with Gasteiger partial charge in [-0.3, -0.25) is 33.9 Å². The highest BCUT2D eigenvalue weighted by molar-refractivity contribution is 5.94. The third-order valence-corrected chi connectivity index (χ3v) is 12.1. The second-order valence-electron chi connectivity index (χ2n) is 19.5. The van der Waals surface area contributed by atoms with Crippen molar-refractivity contribution in [2.75, 3.05) is 13.6 Å². The first-order valence-corrected chi connectivity index (χ1v) is 23.6. The van der Waals surface area contributed by atoms with E-state index in [0.717, 1.165) is 5.56 Å². The van der Waals surface area contributed by atoms with Gasteiger partial charge in [0.25, 0.3) is 0 Å². The molecule has 0 aliphatic carbocycles. The van der Waals surface area contributed by atoms with Gasteiger partial charge in [-0.05, 0) is 81.9 Å². The van der Waals surface area contributed by atoms with Crippen molar-refractivity contribution in [1.82, 2.24) is 46.0 Å². The first kappa shape index (κ1) is 52.1. The van der Waals surface area contributed by atoms with Crippen LogP contribution >= 0.6 is 0 Å². The van der Waals surface area contributed by atoms with E-state index in [9.17, 15) is 35.2 Å². The lowest BCUT2D eigenvalue weighted by atomic mass is 9.85. The molecular weight excluding hydrogens is 855 g/mol. The standard InChI is InChI=1S/C50H75N9O8/c1-11-33(6)43(47(64)53-29-35-20-15-16-22-52-35)57-44(61)37(32(4)5)27-42(60)38(24-31(2)3)55-46(63)41(26-36-28-51-30-54-36)58(10)48(65)39(25-34-18-13-12-14-19-34)56-45(62)40-21-17-23-59(40)49(66)67-50(7,8)9/h12-16,18-20,22,28,30-33,37-43,60H,11,17,21,23-27,29H2,1-10H3,(H,51,54)(H,53,64)(H,55,63)(H,56,62)(H,57,61)/t33-,37-,38-,39-,40-,41-,42-,43-/m0/s1/i42T. The number of aromatic amines is 1. The number of benzene rings is 1. The number of ether oxygens (including phenoxy) is 1. The van der Waals surface area contributed by atoms with Crippen molar-refractivity contribution >= 4 is 35.6 Å². The van der Waals surface area contributed by atoms with Crippen LogP contribution in [0.1, 0.15) is 113 Å². The van der Waals surface area contributed by atoms with E-state index in [2.05, 4.69) is 36.2 Å². The summed E-state index contributed by atoms with van der Waals surface area (Å²) < 4.78 is 15.0. The van der Waals surface area contributed by atoms with Gasteiger partial charge in [-0.15, -0.1) is 0 Å². The van der Waals surface area contributed by atoms with Crippen LogP contribution in [0.25, 0.3) is 0 Å². The molecule has 0 spiro atoms. The number of aliphatic hydroxyl groups is 1. The van der Waals surface area contributed by atoms with Gasteiger partial charge in [0.05, 0.1) is 32.1 Å². The summed E-state index contributed by atoms with van der Waals surface area (Å²) in [5.74, 6) is -4.43. The van der Waals surface area contributed by atoms with Gasteiger partial charge >= 0.3 is 6.09 Å². The predicted octanol–water partition coefficient (Wildman–Crippen LogP) is 4.70. The summed E-state index contributed by atoms with van der Waals surface area (Å²) >= 11 is 0. The number of H-pyrrole nitrogens is 1. The van der Waals surface area contributed by atoms with Crippen LogP contribution in [-0.4, -0.2) is 121 Å². The number of nitrogens with one attached hydrogen (secondary N) is 5. The van der Waals surface area contributed by atoms with Crippen molar-refractivity contribution < 1.29 is 40.0 Å². The Morgan fingerprint density at radius 1 is 0.940 bits per heavy atom. The predicted molar refractivity (Wildman–Crippen MR) is 255 cm³/mol. The molecule has 8 atom stereocenters. The second-order valence-corrected chi connectivity index (χ2v) is 19.5. The first-order chi connectivity index (χ1) is 32.0. The van der Waals surface area contributed by atoms with Crippen molar-refractivity contribution in [2.24, 2.45) is 23.7 Å². The van der Waals surface area contributed by atoms with Gasteiger partial charge in [0.2, 0.25) is 29.5 Å². The summed E-state index contributed by atoms with van der Waals surface area (Å²) in [6, 6.07) is 9.06. The molecule has 1 fully saturated rings. The van der Waals surface area contributed by atoms with E-state index in [1.54, 1.807) is 52.9 Å². The summed E-state index contributed by atoms with van der Waals surface area (Å²) in [5.41, 5.74) is 1.13. The Hall–Kier alpha value is -5.84. The molecule has 1 aliphatic heterocycles. The Labute approximate surface area is 397 Å². The summed E-state index contributed by atoms with van der Waals surface area (Å²) in [6.45, 7) is 16.8. The molecule has 1 saturated heterocycles. The molecular formula is C50H75N9O8. The minimum absolute atomic E-state index is 0.0453. The number of pyridine rings is 1. The van der Waals surface area contributed by atoms with Gasteiger partial charge in [0, 0.05) is 50.4 Å². The van der Waals surface area contributed by atoms with Gasteiger partial charge in [-0.25, -0.2) is 9.78 Å². The molecule has 4 rings (SSSR count). The van der Waals surface area contributed by atoms with E-state index < -0.39 is 77.5 Å². The Bertz CT molecular complexity index is 2100. The Kier molecular flexibility index (Phi) is 19.7. The molecule has 1 aliphatic rings. The Morgan fingerprint density at radius 3 is 2.24 bits per heavy atom. The molecule has 1 aromatic carbocycles. The molecule has 368 valence electrons. The van der Waals surface area contributed by atoms with Gasteiger partial charge in [0.1, 0.15) is 29.8 Å². The molecule has 0 saturated carbocycles. The zero-order valence-electron chi connectivity index (χ0n) is 42.0. The molecule has 3 aromatic rings. The summed E-state index contributed by atoms with van der Waals surface area (Å²) in [4.78, 5) is 98.4. The van der Waals surface area contributed by atoms with E-state index >= 15 is 0 Å². The maximum atomic E-state index is 14.8. The second kappa shape index (κ2) is 25.3. The van der Waals surface area contributed by atoms with Crippen molar-refractivity contribution in [3.8, 4) is 0 Å². The van der Waals surface area contributed by atoms with Gasteiger partial charge in [-0.1, -0.05) is 84.4 Å². The third kappa shape index (κ3) is 16.5. The van der Waals surface area contributed by atoms with Crippen LogP contribution in [0.4, 0.5) is 4.79 Å². The van der Waals surface area contributed by atoms with E-state index in [0.29, 0.717) is 37.2 Å². The van der Waals surface area contributed by atoms with Crippen molar-refractivity contribution in [1.29, 1.82) is 0 Å². The van der Waals surface area contributed by atoms with Crippen LogP contribution in [0.2, 0.25) is 0 Å². The highest BCUT2D eigenvalue weighted by Crippen LogP contribution is 2.25. The fourth-order valence-corrected chi connectivity index (χ4v) is 8.07. The smallest absolute Gasteiger partial charge is 0.410 e. The molecule has 6 amide bonds. The fourth-order valence-electron chi connectivity index (χ4n) is 8.07. The minimum atomic E-state index is -2.40. The van der Waals surface area contributed by atoms with Gasteiger partial charge in [-0.2, -0.15) is 0 Å². The summed E-state index contributed by atoms with van der Waals surface area (Å²) in [7, 11) is 1.46. The van der Waals surface area contributed by atoms with E-state index in [4.69, 9.17) is 4.74 Å². The molecule has 0 unspecified atom stereocenters. The molecule has 0 bridgehead atoms. The van der Waals surface area contributed by atoms with Crippen LogP contribution < -0.4 is 21.3 Å². The van der Waals surface area contributed by atoms with E-state index in [1.807, 2.05) is 64.1 Å². The van der Waals surface area contributed by atoms with E-state index in [1.165, 1.54) is 29.4 Å². The van der Waals surface area contributed by atoms with Crippen LogP contribution in [0.5, 0.6) is 0 Å². The Balaban J connectivity index is 1.60. The Morgan fingerprint density at radius 2 is 1.64 bits per heavy atom. The number of nitrogens with zero attached hydrogens (tertiary/aromatic N) is 4. The highest BCUT2D eigenvalue weighted by atomic mass is 16.6.